The third kappa shape index (κ3) is 5.04. The van der Waals surface area contributed by atoms with Crippen LogP contribution in [0.2, 0.25) is 24.2 Å². The lowest BCUT2D eigenvalue weighted by atomic mass is 10.9. The Hall–Kier alpha value is 0.664. The lowest BCUT2D eigenvalue weighted by molar-refractivity contribution is 0.125. The Balaban J connectivity index is 4.28. The van der Waals surface area contributed by atoms with E-state index in [-0.39, 0.29) is 0 Å². The molecule has 0 fully saturated rings. The van der Waals surface area contributed by atoms with Crippen LogP contribution < -0.4 is 0 Å². The number of hydrogen-bond donors (Lipinski definition) is 0. The van der Waals surface area contributed by atoms with Gasteiger partial charge in [0.05, 0.1) is 0 Å². The van der Waals surface area contributed by atoms with Crippen LogP contribution in [0, 0.1) is 0 Å². The van der Waals surface area contributed by atoms with Gasteiger partial charge in [0, 0.05) is 27.4 Å². The van der Waals surface area contributed by atoms with E-state index < -0.39 is 16.0 Å². The SMILES string of the molecule is CC[Si](CC)(CC)SCC[Si](OC)(OC)OC. The molecule has 104 valence electrons. The summed E-state index contributed by atoms with van der Waals surface area (Å²) in [7, 11) is 1.63. The summed E-state index contributed by atoms with van der Waals surface area (Å²) in [5.74, 6) is 1.10. The molecule has 0 amide bonds. The molecule has 0 spiro atoms. The third-order valence-electron chi connectivity index (χ3n) is 3.68. The van der Waals surface area contributed by atoms with Crippen LogP contribution in [0.4, 0.5) is 0 Å². The summed E-state index contributed by atoms with van der Waals surface area (Å²) < 4.78 is 16.3. The van der Waals surface area contributed by atoms with E-state index in [1.807, 2.05) is 0 Å². The van der Waals surface area contributed by atoms with Gasteiger partial charge in [-0.05, 0) is 5.75 Å². The van der Waals surface area contributed by atoms with Crippen LogP contribution in [-0.2, 0) is 13.3 Å². The van der Waals surface area contributed by atoms with E-state index in [2.05, 4.69) is 32.0 Å². The summed E-state index contributed by atoms with van der Waals surface area (Å²) in [6, 6.07) is 4.97. The normalized spacial score (nSPS) is 13.1. The lowest BCUT2D eigenvalue weighted by Gasteiger charge is -2.29. The highest BCUT2D eigenvalue weighted by Crippen LogP contribution is 2.34. The van der Waals surface area contributed by atoms with Crippen LogP contribution in [0.15, 0.2) is 0 Å². The molecular formula is C11H28O3SSi2. The second kappa shape index (κ2) is 8.71. The second-order valence-electron chi connectivity index (χ2n) is 4.14. The van der Waals surface area contributed by atoms with Gasteiger partial charge in [0.15, 0.2) is 0 Å². The van der Waals surface area contributed by atoms with Gasteiger partial charge >= 0.3 is 8.80 Å². The van der Waals surface area contributed by atoms with Gasteiger partial charge in [0.1, 0.15) is 7.22 Å². The van der Waals surface area contributed by atoms with Crippen molar-refractivity contribution < 1.29 is 13.3 Å². The van der Waals surface area contributed by atoms with Crippen molar-refractivity contribution in [2.45, 2.75) is 44.9 Å². The maximum Gasteiger partial charge on any atom is 0.500 e. The minimum Gasteiger partial charge on any atom is -0.377 e. The van der Waals surface area contributed by atoms with Gasteiger partial charge in [-0.15, -0.1) is 0 Å². The largest absolute Gasteiger partial charge is 0.500 e. The fraction of sp³-hybridized carbons (Fsp3) is 1.00. The average Bonchev–Trinajstić information content (AvgIpc) is 2.41. The zero-order chi connectivity index (χ0) is 13.4. The van der Waals surface area contributed by atoms with E-state index in [1.165, 1.54) is 18.1 Å². The molecule has 0 atom stereocenters. The molecule has 3 nitrogen and oxygen atoms in total. The van der Waals surface area contributed by atoms with Gasteiger partial charge in [0.2, 0.25) is 0 Å². The molecule has 0 bridgehead atoms. The predicted octanol–water partition coefficient (Wildman–Crippen LogP) is 3.60. The van der Waals surface area contributed by atoms with Crippen LogP contribution in [0.25, 0.3) is 0 Å². The number of hydrogen-bond acceptors (Lipinski definition) is 4. The van der Waals surface area contributed by atoms with E-state index in [4.69, 9.17) is 13.3 Å². The van der Waals surface area contributed by atoms with E-state index in [9.17, 15) is 0 Å². The average molecular weight is 297 g/mol. The van der Waals surface area contributed by atoms with Crippen LogP contribution in [0.1, 0.15) is 20.8 Å². The third-order valence-corrected chi connectivity index (χ3v) is 16.7. The first-order chi connectivity index (χ1) is 8.07. The smallest absolute Gasteiger partial charge is 0.377 e. The summed E-state index contributed by atoms with van der Waals surface area (Å²) in [6.45, 7) is 7.00. The molecule has 0 saturated carbocycles. The molecule has 0 aliphatic carbocycles. The molecule has 0 radical (unpaired) electrons. The Labute approximate surface area is 113 Å². The molecule has 0 heterocycles. The van der Waals surface area contributed by atoms with Crippen molar-refractivity contribution in [2.75, 3.05) is 27.1 Å². The van der Waals surface area contributed by atoms with E-state index >= 15 is 0 Å². The summed E-state index contributed by atoms with van der Waals surface area (Å²) in [4.78, 5) is 0. The lowest BCUT2D eigenvalue weighted by Crippen LogP contribution is -2.43. The van der Waals surface area contributed by atoms with Crippen molar-refractivity contribution in [3.63, 3.8) is 0 Å². The fourth-order valence-electron chi connectivity index (χ4n) is 2.00. The minimum atomic E-state index is -2.35. The minimum absolute atomic E-state index is 0.913. The van der Waals surface area contributed by atoms with E-state index in [1.54, 1.807) is 21.3 Å². The molecule has 0 unspecified atom stereocenters. The summed E-state index contributed by atoms with van der Waals surface area (Å²) in [5, 5.41) is 0. The van der Waals surface area contributed by atoms with Crippen molar-refractivity contribution >= 4 is 27.2 Å². The topological polar surface area (TPSA) is 27.7 Å². The highest BCUT2D eigenvalue weighted by molar-refractivity contribution is 8.29. The molecule has 0 aromatic carbocycles. The zero-order valence-corrected chi connectivity index (χ0v) is 15.0. The van der Waals surface area contributed by atoms with Crippen LogP contribution >= 0.6 is 11.2 Å². The molecule has 0 aromatic heterocycles. The van der Waals surface area contributed by atoms with Crippen LogP contribution in [-0.4, -0.2) is 43.1 Å². The van der Waals surface area contributed by atoms with Crippen molar-refractivity contribution in [3.8, 4) is 0 Å². The quantitative estimate of drug-likeness (QED) is 0.576. The summed E-state index contributed by atoms with van der Waals surface area (Å²) >= 11 is 2.18. The van der Waals surface area contributed by atoms with Gasteiger partial charge in [-0.25, -0.2) is 0 Å². The van der Waals surface area contributed by atoms with E-state index in [0.717, 1.165) is 11.8 Å². The summed E-state index contributed by atoms with van der Waals surface area (Å²) in [5.41, 5.74) is 0. The van der Waals surface area contributed by atoms with Gasteiger partial charge < -0.3 is 13.3 Å². The molecule has 0 aliphatic heterocycles. The van der Waals surface area contributed by atoms with Crippen molar-refractivity contribution in [2.24, 2.45) is 0 Å². The zero-order valence-electron chi connectivity index (χ0n) is 12.2. The molecule has 0 rings (SSSR count). The van der Waals surface area contributed by atoms with Crippen molar-refractivity contribution in [1.82, 2.24) is 0 Å². The molecular weight excluding hydrogens is 268 g/mol. The van der Waals surface area contributed by atoms with Gasteiger partial charge in [-0.3, -0.25) is 0 Å². The molecule has 17 heavy (non-hydrogen) atoms. The Kier molecular flexibility index (Phi) is 9.05. The molecule has 0 saturated heterocycles. The van der Waals surface area contributed by atoms with Gasteiger partial charge in [0.25, 0.3) is 0 Å². The molecule has 0 aliphatic rings. The highest BCUT2D eigenvalue weighted by atomic mass is 32.4. The Morgan fingerprint density at radius 2 is 1.24 bits per heavy atom. The van der Waals surface area contributed by atoms with Crippen molar-refractivity contribution in [1.29, 1.82) is 0 Å². The summed E-state index contributed by atoms with van der Waals surface area (Å²) in [6.07, 6.45) is 0. The number of rotatable bonds is 10. The Morgan fingerprint density at radius 1 is 0.824 bits per heavy atom. The first kappa shape index (κ1) is 17.7. The maximum atomic E-state index is 5.45. The Morgan fingerprint density at radius 3 is 1.53 bits per heavy atom. The van der Waals surface area contributed by atoms with Crippen LogP contribution in [0.3, 0.4) is 0 Å². The second-order valence-corrected chi connectivity index (χ2v) is 15.9. The Bertz CT molecular complexity index is 161. The van der Waals surface area contributed by atoms with Gasteiger partial charge in [-0.1, -0.05) is 38.9 Å². The highest BCUT2D eigenvalue weighted by Gasteiger charge is 2.38. The first-order valence-electron chi connectivity index (χ1n) is 6.37. The van der Waals surface area contributed by atoms with Gasteiger partial charge in [-0.2, -0.15) is 11.2 Å². The predicted molar refractivity (Wildman–Crippen MR) is 81.2 cm³/mol. The monoisotopic (exact) mass is 296 g/mol. The fourth-order valence-corrected chi connectivity index (χ4v) is 11.1. The molecule has 6 heteroatoms. The van der Waals surface area contributed by atoms with Crippen LogP contribution in [0.5, 0.6) is 0 Å². The van der Waals surface area contributed by atoms with Crippen molar-refractivity contribution in [3.05, 3.63) is 0 Å². The molecule has 0 aromatic rings. The first-order valence-corrected chi connectivity index (χ1v) is 12.6. The van der Waals surface area contributed by atoms with E-state index in [0.29, 0.717) is 0 Å². The molecule has 0 N–H and O–H groups in total. The standard InChI is InChI=1S/C11H28O3SSi2/c1-7-16(8-2,9-3)15-10-11-17(12-4,13-5)14-6/h7-11H2,1-6H3. The maximum absolute atomic E-state index is 5.45.